The first-order valence-electron chi connectivity index (χ1n) is 4.07. The molecule has 2 N–H and O–H groups in total. The number of hydrogen-bond acceptors (Lipinski definition) is 3. The first kappa shape index (κ1) is 10.3. The summed E-state index contributed by atoms with van der Waals surface area (Å²) in [6.07, 6.45) is 0. The van der Waals surface area contributed by atoms with Crippen molar-refractivity contribution >= 4 is 11.9 Å². The van der Waals surface area contributed by atoms with Crippen LogP contribution in [0.5, 0.6) is 0 Å². The summed E-state index contributed by atoms with van der Waals surface area (Å²) < 4.78 is 5.13. The smallest absolute Gasteiger partial charge is 0.339 e. The van der Waals surface area contributed by atoms with Crippen LogP contribution in [0.1, 0.15) is 28.8 Å². The second-order valence-corrected chi connectivity index (χ2v) is 2.90. The summed E-state index contributed by atoms with van der Waals surface area (Å²) in [7, 11) is 0. The molecule has 0 aliphatic heterocycles. The Kier molecular flexibility index (Phi) is 2.91. The lowest BCUT2D eigenvalue weighted by atomic mass is 10.2. The maximum atomic E-state index is 10.6. The minimum atomic E-state index is -1.03. The molecule has 0 atom stereocenters. The highest BCUT2D eigenvalue weighted by molar-refractivity contribution is 5.88. The van der Waals surface area contributed by atoms with E-state index in [0.29, 0.717) is 11.5 Å². The van der Waals surface area contributed by atoms with E-state index in [1.807, 2.05) is 0 Å². The van der Waals surface area contributed by atoms with Crippen LogP contribution < -0.4 is 5.32 Å². The fraction of sp³-hybridized carbons (Fsp3) is 0.333. The van der Waals surface area contributed by atoms with Gasteiger partial charge in [-0.3, -0.25) is 4.79 Å². The zero-order valence-corrected chi connectivity index (χ0v) is 7.96. The van der Waals surface area contributed by atoms with Gasteiger partial charge in [0.25, 0.3) is 0 Å². The molecule has 1 heterocycles. The van der Waals surface area contributed by atoms with Crippen LogP contribution in [0.25, 0.3) is 0 Å². The molecule has 1 aromatic rings. The van der Waals surface area contributed by atoms with Gasteiger partial charge in [-0.25, -0.2) is 4.79 Å². The van der Waals surface area contributed by atoms with Gasteiger partial charge < -0.3 is 14.8 Å². The van der Waals surface area contributed by atoms with Crippen molar-refractivity contribution in [2.24, 2.45) is 0 Å². The SMILES string of the molecule is CC(=O)NCc1cc(C(=O)O)c(C)o1. The first-order valence-corrected chi connectivity index (χ1v) is 4.07. The van der Waals surface area contributed by atoms with Gasteiger partial charge in [0.15, 0.2) is 0 Å². The summed E-state index contributed by atoms with van der Waals surface area (Å²) in [5.74, 6) is -0.427. The lowest BCUT2D eigenvalue weighted by Gasteiger charge is -1.96. The Bertz CT molecular complexity index is 367. The van der Waals surface area contributed by atoms with E-state index in [9.17, 15) is 9.59 Å². The number of carbonyl (C=O) groups is 2. The highest BCUT2D eigenvalue weighted by atomic mass is 16.4. The summed E-state index contributed by atoms with van der Waals surface area (Å²) in [5, 5.41) is 11.2. The van der Waals surface area contributed by atoms with Crippen LogP contribution in [0, 0.1) is 6.92 Å². The molecule has 5 nitrogen and oxygen atoms in total. The normalized spacial score (nSPS) is 9.86. The summed E-state index contributed by atoms with van der Waals surface area (Å²) in [6, 6.07) is 1.41. The van der Waals surface area contributed by atoms with Crippen molar-refractivity contribution in [3.63, 3.8) is 0 Å². The number of aromatic carboxylic acids is 1. The first-order chi connectivity index (χ1) is 6.50. The molecule has 0 saturated carbocycles. The van der Waals surface area contributed by atoms with Crippen LogP contribution in [0.2, 0.25) is 0 Å². The van der Waals surface area contributed by atoms with E-state index in [0.717, 1.165) is 0 Å². The van der Waals surface area contributed by atoms with Gasteiger partial charge in [0.2, 0.25) is 5.91 Å². The van der Waals surface area contributed by atoms with Gasteiger partial charge in [0.1, 0.15) is 17.1 Å². The topological polar surface area (TPSA) is 79.5 Å². The Morgan fingerprint density at radius 2 is 2.21 bits per heavy atom. The Hall–Kier alpha value is -1.78. The molecule has 0 spiro atoms. The van der Waals surface area contributed by atoms with Gasteiger partial charge in [-0.2, -0.15) is 0 Å². The second kappa shape index (κ2) is 3.95. The molecule has 0 aliphatic rings. The number of carboxylic acids is 1. The Labute approximate surface area is 80.7 Å². The molecule has 14 heavy (non-hydrogen) atoms. The molecule has 1 rings (SSSR count). The van der Waals surface area contributed by atoms with E-state index in [1.165, 1.54) is 13.0 Å². The quantitative estimate of drug-likeness (QED) is 0.755. The molecule has 0 bridgehead atoms. The van der Waals surface area contributed by atoms with Gasteiger partial charge >= 0.3 is 5.97 Å². The monoisotopic (exact) mass is 197 g/mol. The van der Waals surface area contributed by atoms with Crippen molar-refractivity contribution in [1.82, 2.24) is 5.32 Å². The van der Waals surface area contributed by atoms with Crippen LogP contribution in [-0.4, -0.2) is 17.0 Å². The third-order valence-electron chi connectivity index (χ3n) is 1.71. The van der Waals surface area contributed by atoms with Crippen LogP contribution in [0.4, 0.5) is 0 Å². The van der Waals surface area contributed by atoms with Crippen molar-refractivity contribution < 1.29 is 19.1 Å². The van der Waals surface area contributed by atoms with Crippen molar-refractivity contribution in [3.8, 4) is 0 Å². The second-order valence-electron chi connectivity index (χ2n) is 2.90. The number of rotatable bonds is 3. The molecule has 0 unspecified atom stereocenters. The number of nitrogens with one attached hydrogen (secondary N) is 1. The van der Waals surface area contributed by atoms with E-state index in [-0.39, 0.29) is 18.0 Å². The van der Waals surface area contributed by atoms with Gasteiger partial charge in [-0.1, -0.05) is 0 Å². The number of furan rings is 1. The Morgan fingerprint density at radius 3 is 2.64 bits per heavy atom. The maximum Gasteiger partial charge on any atom is 0.339 e. The fourth-order valence-electron chi connectivity index (χ4n) is 1.05. The van der Waals surface area contributed by atoms with E-state index < -0.39 is 5.97 Å². The number of amides is 1. The van der Waals surface area contributed by atoms with Crippen molar-refractivity contribution in [2.75, 3.05) is 0 Å². The fourth-order valence-corrected chi connectivity index (χ4v) is 1.05. The van der Waals surface area contributed by atoms with Gasteiger partial charge in [-0.15, -0.1) is 0 Å². The average molecular weight is 197 g/mol. The van der Waals surface area contributed by atoms with E-state index in [1.54, 1.807) is 6.92 Å². The zero-order chi connectivity index (χ0) is 10.7. The van der Waals surface area contributed by atoms with E-state index in [4.69, 9.17) is 9.52 Å². The molecule has 76 valence electrons. The Balaban J connectivity index is 2.76. The Morgan fingerprint density at radius 1 is 1.57 bits per heavy atom. The van der Waals surface area contributed by atoms with Crippen LogP contribution in [-0.2, 0) is 11.3 Å². The average Bonchev–Trinajstić information content (AvgIpc) is 2.43. The van der Waals surface area contributed by atoms with Crippen LogP contribution >= 0.6 is 0 Å². The predicted molar refractivity (Wildman–Crippen MR) is 47.9 cm³/mol. The zero-order valence-electron chi connectivity index (χ0n) is 7.96. The van der Waals surface area contributed by atoms with E-state index >= 15 is 0 Å². The van der Waals surface area contributed by atoms with Gasteiger partial charge in [0, 0.05) is 6.92 Å². The van der Waals surface area contributed by atoms with E-state index in [2.05, 4.69) is 5.32 Å². The predicted octanol–water partition coefficient (Wildman–Crippen LogP) is 0.922. The molecule has 0 saturated heterocycles. The lowest BCUT2D eigenvalue weighted by Crippen LogP contribution is -2.18. The molecule has 1 aromatic heterocycles. The number of carbonyl (C=O) groups excluding carboxylic acids is 1. The van der Waals surface area contributed by atoms with Crippen LogP contribution in [0.15, 0.2) is 10.5 Å². The third-order valence-corrected chi connectivity index (χ3v) is 1.71. The molecule has 0 radical (unpaired) electrons. The molecule has 0 aromatic carbocycles. The summed E-state index contributed by atoms with van der Waals surface area (Å²) >= 11 is 0. The molecule has 5 heteroatoms. The molecule has 0 aliphatic carbocycles. The highest BCUT2D eigenvalue weighted by Crippen LogP contribution is 2.14. The summed E-state index contributed by atoms with van der Waals surface area (Å²) in [4.78, 5) is 21.2. The molecule has 0 fully saturated rings. The number of aryl methyl sites for hydroxylation is 1. The maximum absolute atomic E-state index is 10.6. The van der Waals surface area contributed by atoms with Crippen molar-refractivity contribution in [1.29, 1.82) is 0 Å². The lowest BCUT2D eigenvalue weighted by molar-refractivity contribution is -0.119. The van der Waals surface area contributed by atoms with Crippen LogP contribution in [0.3, 0.4) is 0 Å². The molecular weight excluding hydrogens is 186 g/mol. The summed E-state index contributed by atoms with van der Waals surface area (Å²) in [6.45, 7) is 3.16. The summed E-state index contributed by atoms with van der Waals surface area (Å²) in [5.41, 5.74) is 0.130. The van der Waals surface area contributed by atoms with Crippen molar-refractivity contribution in [3.05, 3.63) is 23.2 Å². The minimum Gasteiger partial charge on any atom is -0.478 e. The molecular formula is C9H11NO4. The van der Waals surface area contributed by atoms with Gasteiger partial charge in [-0.05, 0) is 13.0 Å². The minimum absolute atomic E-state index is 0.130. The largest absolute Gasteiger partial charge is 0.478 e. The number of hydrogen-bond donors (Lipinski definition) is 2. The third kappa shape index (κ3) is 2.35. The standard InChI is InChI=1S/C9H11NO4/c1-5-8(9(12)13)3-7(14-5)4-10-6(2)11/h3H,4H2,1-2H3,(H,10,11)(H,12,13). The van der Waals surface area contributed by atoms with Crippen molar-refractivity contribution in [2.45, 2.75) is 20.4 Å². The molecule has 1 amide bonds. The number of carboxylic acid groups (broad SMARTS) is 1. The van der Waals surface area contributed by atoms with Gasteiger partial charge in [0.05, 0.1) is 6.54 Å². The highest BCUT2D eigenvalue weighted by Gasteiger charge is 2.13.